The Labute approximate surface area is 164 Å². The van der Waals surface area contributed by atoms with E-state index in [1.54, 1.807) is 12.3 Å². The molecule has 1 aliphatic heterocycles. The molecule has 6 nitrogen and oxygen atoms in total. The van der Waals surface area contributed by atoms with E-state index >= 15 is 0 Å². The standard InChI is InChI=1S/C22H23N5O/c1-15-18(19-12-21(23)25-13-20(19)22(24)26-15)7-6-16-2-4-17(5-3-16)14-27-8-10-28-11-9-27/h2-5,12-13H,8-11,14H2,1H3,(H2,23,25)(H2,24,26). The highest BCUT2D eigenvalue weighted by molar-refractivity contribution is 5.96. The lowest BCUT2D eigenvalue weighted by molar-refractivity contribution is 0.0342. The first-order valence-electron chi connectivity index (χ1n) is 9.32. The topological polar surface area (TPSA) is 90.3 Å². The average Bonchev–Trinajstić information content (AvgIpc) is 2.69. The molecule has 0 unspecified atom stereocenters. The third kappa shape index (κ3) is 3.91. The maximum atomic E-state index is 6.02. The first kappa shape index (κ1) is 18.2. The zero-order chi connectivity index (χ0) is 19.5. The van der Waals surface area contributed by atoms with Crippen molar-refractivity contribution in [1.29, 1.82) is 0 Å². The summed E-state index contributed by atoms with van der Waals surface area (Å²) in [5.41, 5.74) is 15.7. The van der Waals surface area contributed by atoms with E-state index in [1.165, 1.54) is 5.56 Å². The molecule has 1 saturated heterocycles. The zero-order valence-electron chi connectivity index (χ0n) is 15.9. The Hall–Kier alpha value is -3.14. The number of nitrogen functional groups attached to an aromatic ring is 2. The molecule has 1 aromatic carbocycles. The molecule has 0 saturated carbocycles. The van der Waals surface area contributed by atoms with Gasteiger partial charge in [0.25, 0.3) is 0 Å². The van der Waals surface area contributed by atoms with Crippen LogP contribution in [0.15, 0.2) is 36.5 Å². The molecule has 0 amide bonds. The van der Waals surface area contributed by atoms with Gasteiger partial charge >= 0.3 is 0 Å². The van der Waals surface area contributed by atoms with Crippen LogP contribution in [0.3, 0.4) is 0 Å². The zero-order valence-corrected chi connectivity index (χ0v) is 15.9. The van der Waals surface area contributed by atoms with Gasteiger partial charge in [-0.05, 0) is 30.7 Å². The van der Waals surface area contributed by atoms with E-state index in [4.69, 9.17) is 16.2 Å². The smallest absolute Gasteiger partial charge is 0.133 e. The molecule has 4 rings (SSSR count). The number of morpholine rings is 1. The van der Waals surface area contributed by atoms with E-state index < -0.39 is 0 Å². The lowest BCUT2D eigenvalue weighted by Gasteiger charge is -2.26. The summed E-state index contributed by atoms with van der Waals surface area (Å²) in [5, 5.41) is 1.65. The predicted molar refractivity (Wildman–Crippen MR) is 112 cm³/mol. The molecule has 2 aromatic heterocycles. The maximum Gasteiger partial charge on any atom is 0.133 e. The summed E-state index contributed by atoms with van der Waals surface area (Å²) in [6.45, 7) is 6.43. The van der Waals surface area contributed by atoms with Gasteiger partial charge in [-0.1, -0.05) is 24.0 Å². The summed E-state index contributed by atoms with van der Waals surface area (Å²) in [4.78, 5) is 10.9. The van der Waals surface area contributed by atoms with Gasteiger partial charge < -0.3 is 16.2 Å². The molecule has 1 fully saturated rings. The fourth-order valence-electron chi connectivity index (χ4n) is 3.38. The normalized spacial score (nSPS) is 14.6. The Morgan fingerprint density at radius 2 is 1.82 bits per heavy atom. The third-order valence-corrected chi connectivity index (χ3v) is 4.92. The minimum Gasteiger partial charge on any atom is -0.384 e. The van der Waals surface area contributed by atoms with Gasteiger partial charge in [-0.3, -0.25) is 4.90 Å². The number of benzene rings is 1. The fraction of sp³-hybridized carbons (Fsp3) is 0.273. The summed E-state index contributed by atoms with van der Waals surface area (Å²) < 4.78 is 5.40. The van der Waals surface area contributed by atoms with Gasteiger partial charge in [0.15, 0.2) is 0 Å². The van der Waals surface area contributed by atoms with Crippen molar-refractivity contribution < 1.29 is 4.74 Å². The largest absolute Gasteiger partial charge is 0.384 e. The summed E-state index contributed by atoms with van der Waals surface area (Å²) >= 11 is 0. The lowest BCUT2D eigenvalue weighted by Crippen LogP contribution is -2.35. The second kappa shape index (κ2) is 7.85. The van der Waals surface area contributed by atoms with Gasteiger partial charge in [-0.2, -0.15) is 0 Å². The molecule has 3 aromatic rings. The number of fused-ring (bicyclic) bond motifs is 1. The van der Waals surface area contributed by atoms with Crippen LogP contribution in [0.1, 0.15) is 22.4 Å². The van der Waals surface area contributed by atoms with Crippen LogP contribution in [0, 0.1) is 18.8 Å². The number of hydrogen-bond acceptors (Lipinski definition) is 6. The predicted octanol–water partition coefficient (Wildman–Crippen LogP) is 2.33. The molecule has 3 heterocycles. The number of rotatable bonds is 2. The monoisotopic (exact) mass is 373 g/mol. The molecule has 0 aliphatic carbocycles. The van der Waals surface area contributed by atoms with Crippen molar-refractivity contribution in [3.8, 4) is 11.8 Å². The van der Waals surface area contributed by atoms with Gasteiger partial charge in [0.2, 0.25) is 0 Å². The number of ether oxygens (including phenoxy) is 1. The van der Waals surface area contributed by atoms with Crippen LogP contribution >= 0.6 is 0 Å². The van der Waals surface area contributed by atoms with Gasteiger partial charge in [-0.15, -0.1) is 0 Å². The average molecular weight is 373 g/mol. The molecule has 0 spiro atoms. The Morgan fingerprint density at radius 1 is 1.07 bits per heavy atom. The van der Waals surface area contributed by atoms with Crippen molar-refractivity contribution in [1.82, 2.24) is 14.9 Å². The SMILES string of the molecule is Cc1nc(N)c2cnc(N)cc2c1C#Cc1ccc(CN2CCOCC2)cc1. The number of hydrogen-bond donors (Lipinski definition) is 2. The molecule has 1 aliphatic rings. The summed E-state index contributed by atoms with van der Waals surface area (Å²) in [6.07, 6.45) is 1.65. The van der Waals surface area contributed by atoms with E-state index in [1.807, 2.05) is 6.92 Å². The van der Waals surface area contributed by atoms with Crippen molar-refractivity contribution >= 4 is 22.4 Å². The molecule has 6 heteroatoms. The van der Waals surface area contributed by atoms with E-state index in [0.717, 1.165) is 60.4 Å². The highest BCUT2D eigenvalue weighted by Crippen LogP contribution is 2.25. The van der Waals surface area contributed by atoms with Crippen LogP contribution in [-0.2, 0) is 11.3 Å². The van der Waals surface area contributed by atoms with E-state index in [2.05, 4.69) is 51.0 Å². The van der Waals surface area contributed by atoms with Crippen molar-refractivity contribution in [2.75, 3.05) is 37.8 Å². The first-order chi connectivity index (χ1) is 13.6. The van der Waals surface area contributed by atoms with Gasteiger partial charge in [0.1, 0.15) is 11.6 Å². The fourth-order valence-corrected chi connectivity index (χ4v) is 3.38. The minimum atomic E-state index is 0.438. The second-order valence-corrected chi connectivity index (χ2v) is 6.95. The van der Waals surface area contributed by atoms with Crippen LogP contribution in [0.2, 0.25) is 0 Å². The number of aryl methyl sites for hydroxylation is 1. The molecule has 0 radical (unpaired) electrons. The quantitative estimate of drug-likeness (QED) is 0.670. The van der Waals surface area contributed by atoms with Crippen LogP contribution in [0.5, 0.6) is 0 Å². The van der Waals surface area contributed by atoms with Crippen molar-refractivity contribution in [3.05, 3.63) is 58.9 Å². The highest BCUT2D eigenvalue weighted by Gasteiger charge is 2.11. The molecular formula is C22H23N5O. The van der Waals surface area contributed by atoms with E-state index in [-0.39, 0.29) is 0 Å². The summed E-state index contributed by atoms with van der Waals surface area (Å²) in [5.74, 6) is 7.37. The highest BCUT2D eigenvalue weighted by atomic mass is 16.5. The minimum absolute atomic E-state index is 0.438. The number of nitrogens with zero attached hydrogens (tertiary/aromatic N) is 3. The van der Waals surface area contributed by atoms with E-state index in [0.29, 0.717) is 11.6 Å². The Balaban J connectivity index is 1.59. The Bertz CT molecular complexity index is 1060. The second-order valence-electron chi connectivity index (χ2n) is 6.95. The van der Waals surface area contributed by atoms with Crippen LogP contribution in [-0.4, -0.2) is 41.2 Å². The molecule has 142 valence electrons. The van der Waals surface area contributed by atoms with E-state index in [9.17, 15) is 0 Å². The summed E-state index contributed by atoms with van der Waals surface area (Å²) in [7, 11) is 0. The molecule has 28 heavy (non-hydrogen) atoms. The van der Waals surface area contributed by atoms with Crippen molar-refractivity contribution in [3.63, 3.8) is 0 Å². The van der Waals surface area contributed by atoms with Gasteiger partial charge in [0, 0.05) is 42.2 Å². The van der Waals surface area contributed by atoms with Crippen LogP contribution < -0.4 is 11.5 Å². The Kier molecular flexibility index (Phi) is 5.11. The van der Waals surface area contributed by atoms with Crippen LogP contribution in [0.25, 0.3) is 10.8 Å². The number of pyridine rings is 2. The molecule has 0 bridgehead atoms. The van der Waals surface area contributed by atoms with Crippen molar-refractivity contribution in [2.45, 2.75) is 13.5 Å². The molecule has 4 N–H and O–H groups in total. The number of aromatic nitrogens is 2. The third-order valence-electron chi connectivity index (χ3n) is 4.92. The first-order valence-corrected chi connectivity index (χ1v) is 9.32. The summed E-state index contributed by atoms with van der Waals surface area (Å²) in [6, 6.07) is 10.2. The maximum absolute atomic E-state index is 6.02. The lowest BCUT2D eigenvalue weighted by atomic mass is 10.0. The number of anilines is 2. The molecular weight excluding hydrogens is 350 g/mol. The van der Waals surface area contributed by atoms with Gasteiger partial charge in [0.05, 0.1) is 24.5 Å². The van der Waals surface area contributed by atoms with Gasteiger partial charge in [-0.25, -0.2) is 9.97 Å². The number of nitrogens with two attached hydrogens (primary N) is 2. The van der Waals surface area contributed by atoms with Crippen molar-refractivity contribution in [2.24, 2.45) is 0 Å². The van der Waals surface area contributed by atoms with Crippen LogP contribution in [0.4, 0.5) is 11.6 Å². The molecule has 0 atom stereocenters. The Morgan fingerprint density at radius 3 is 2.57 bits per heavy atom.